The molecule has 0 aromatic heterocycles. The number of hydrogen-bond acceptors (Lipinski definition) is 4. The molecular weight excluding hydrogens is 256 g/mol. The van der Waals surface area contributed by atoms with Crippen LogP contribution in [-0.4, -0.2) is 28.0 Å². The van der Waals surface area contributed by atoms with E-state index in [0.29, 0.717) is 6.42 Å². The van der Waals surface area contributed by atoms with Crippen molar-refractivity contribution in [3.05, 3.63) is 0 Å². The largest absolute Gasteiger partial charge is 0.481 e. The van der Waals surface area contributed by atoms with E-state index in [9.17, 15) is 14.4 Å². The van der Waals surface area contributed by atoms with Crippen LogP contribution in [0, 0.1) is 11.3 Å². The first-order chi connectivity index (χ1) is 8.28. The number of carbonyl (C=O) groups is 3. The molecule has 1 heterocycles. The molecule has 6 nitrogen and oxygen atoms in total. The van der Waals surface area contributed by atoms with Gasteiger partial charge in [0.1, 0.15) is 5.41 Å². The molecule has 1 saturated heterocycles. The van der Waals surface area contributed by atoms with Crippen LogP contribution in [0.25, 0.3) is 0 Å². The Morgan fingerprint density at radius 3 is 2.22 bits per heavy atom. The van der Waals surface area contributed by atoms with Crippen LogP contribution in [0.4, 0.5) is 0 Å². The van der Waals surface area contributed by atoms with Gasteiger partial charge in [-0.2, -0.15) is 0 Å². The third-order valence-corrected chi connectivity index (χ3v) is 3.13. The number of thiocarbonyl (C=S) groups is 1. The van der Waals surface area contributed by atoms with Gasteiger partial charge in [0.2, 0.25) is 11.8 Å². The van der Waals surface area contributed by atoms with Gasteiger partial charge in [0.15, 0.2) is 5.11 Å². The number of hydrogen-bond donors (Lipinski definition) is 3. The van der Waals surface area contributed by atoms with Gasteiger partial charge in [-0.3, -0.25) is 14.4 Å². The van der Waals surface area contributed by atoms with Gasteiger partial charge in [-0.15, -0.1) is 0 Å². The molecule has 1 aliphatic rings. The van der Waals surface area contributed by atoms with Crippen molar-refractivity contribution in [2.24, 2.45) is 11.3 Å². The highest BCUT2D eigenvalue weighted by atomic mass is 32.1. The lowest BCUT2D eigenvalue weighted by molar-refractivity contribution is -0.153. The molecule has 0 bridgehead atoms. The topological polar surface area (TPSA) is 95.5 Å². The zero-order chi connectivity index (χ0) is 13.9. The minimum atomic E-state index is -1.56. The standard InChI is InChI=1S/C11H16N2O4S/c1-6(2)3-4-11(5-7(14)15)8(16)12-10(18)13-9(11)17/h6H,3-5H2,1-2H3,(H,14,15)(H2,12,13,16,17,18). The van der Waals surface area contributed by atoms with Gasteiger partial charge in [-0.25, -0.2) is 0 Å². The summed E-state index contributed by atoms with van der Waals surface area (Å²) in [4.78, 5) is 34.8. The fraction of sp³-hybridized carbons (Fsp3) is 0.636. The Morgan fingerprint density at radius 1 is 1.33 bits per heavy atom. The smallest absolute Gasteiger partial charge is 0.304 e. The van der Waals surface area contributed by atoms with Crippen molar-refractivity contribution < 1.29 is 19.5 Å². The number of amides is 2. The van der Waals surface area contributed by atoms with Crippen molar-refractivity contribution >= 4 is 35.1 Å². The lowest BCUT2D eigenvalue weighted by atomic mass is 9.76. The minimum absolute atomic E-state index is 0.0736. The predicted molar refractivity (Wildman–Crippen MR) is 67.6 cm³/mol. The van der Waals surface area contributed by atoms with E-state index in [2.05, 4.69) is 10.6 Å². The first-order valence-electron chi connectivity index (χ1n) is 5.66. The van der Waals surface area contributed by atoms with Crippen LogP contribution in [0.15, 0.2) is 0 Å². The van der Waals surface area contributed by atoms with Gasteiger partial charge in [-0.1, -0.05) is 13.8 Å². The average Bonchev–Trinajstić information content (AvgIpc) is 2.21. The Hall–Kier alpha value is -1.50. The molecule has 0 unspecified atom stereocenters. The van der Waals surface area contributed by atoms with Crippen molar-refractivity contribution in [1.29, 1.82) is 0 Å². The SMILES string of the molecule is CC(C)CCC1(CC(=O)O)C(=O)NC(=S)NC1=O. The lowest BCUT2D eigenvalue weighted by Crippen LogP contribution is -2.62. The monoisotopic (exact) mass is 272 g/mol. The van der Waals surface area contributed by atoms with Crippen LogP contribution in [0.1, 0.15) is 33.1 Å². The Bertz CT molecular complexity index is 386. The summed E-state index contributed by atoms with van der Waals surface area (Å²) in [5.41, 5.74) is -1.56. The van der Waals surface area contributed by atoms with Crippen LogP contribution in [0.3, 0.4) is 0 Å². The fourth-order valence-corrected chi connectivity index (χ4v) is 2.03. The number of carboxylic acids is 1. The summed E-state index contributed by atoms with van der Waals surface area (Å²) in [7, 11) is 0. The van der Waals surface area contributed by atoms with E-state index in [-0.39, 0.29) is 17.5 Å². The van der Waals surface area contributed by atoms with Gasteiger partial charge in [0.05, 0.1) is 6.42 Å². The van der Waals surface area contributed by atoms with E-state index in [0.717, 1.165) is 0 Å². The maximum absolute atomic E-state index is 12.0. The second-order valence-electron chi connectivity index (χ2n) is 4.82. The zero-order valence-electron chi connectivity index (χ0n) is 10.3. The first kappa shape index (κ1) is 14.6. The Kier molecular flexibility index (Phi) is 4.39. The molecule has 0 atom stereocenters. The van der Waals surface area contributed by atoms with Crippen molar-refractivity contribution in [3.63, 3.8) is 0 Å². The Labute approximate surface area is 110 Å². The second-order valence-corrected chi connectivity index (χ2v) is 5.23. The number of carboxylic acid groups (broad SMARTS) is 1. The molecular formula is C11H16N2O4S. The summed E-state index contributed by atoms with van der Waals surface area (Å²) in [6, 6.07) is 0. The van der Waals surface area contributed by atoms with Gasteiger partial charge in [-0.05, 0) is 31.0 Å². The molecule has 18 heavy (non-hydrogen) atoms. The molecule has 1 fully saturated rings. The number of aliphatic carboxylic acids is 1. The summed E-state index contributed by atoms with van der Waals surface area (Å²) in [5.74, 6) is -2.17. The van der Waals surface area contributed by atoms with Crippen molar-refractivity contribution in [1.82, 2.24) is 10.6 Å². The van der Waals surface area contributed by atoms with Crippen molar-refractivity contribution in [2.75, 3.05) is 0 Å². The van der Waals surface area contributed by atoms with Gasteiger partial charge >= 0.3 is 5.97 Å². The number of rotatable bonds is 5. The summed E-state index contributed by atoms with van der Waals surface area (Å²) in [5, 5.41) is 13.5. The molecule has 0 radical (unpaired) electrons. The van der Waals surface area contributed by atoms with E-state index in [1.165, 1.54) is 0 Å². The zero-order valence-corrected chi connectivity index (χ0v) is 11.1. The molecule has 0 aliphatic carbocycles. The molecule has 0 aromatic rings. The third kappa shape index (κ3) is 3.04. The molecule has 7 heteroatoms. The fourth-order valence-electron chi connectivity index (χ4n) is 1.85. The van der Waals surface area contributed by atoms with Crippen LogP contribution in [0.5, 0.6) is 0 Å². The summed E-state index contributed by atoms with van der Waals surface area (Å²) in [6.07, 6.45) is 0.248. The predicted octanol–water partition coefficient (Wildman–Crippen LogP) is 0.415. The van der Waals surface area contributed by atoms with E-state index in [1.54, 1.807) is 0 Å². The van der Waals surface area contributed by atoms with Crippen molar-refractivity contribution in [2.45, 2.75) is 33.1 Å². The van der Waals surface area contributed by atoms with Crippen LogP contribution in [-0.2, 0) is 14.4 Å². The normalized spacial score (nSPS) is 18.5. The third-order valence-electron chi connectivity index (χ3n) is 2.92. The number of nitrogens with one attached hydrogen (secondary N) is 2. The average molecular weight is 272 g/mol. The summed E-state index contributed by atoms with van der Waals surface area (Å²) in [6.45, 7) is 3.88. The summed E-state index contributed by atoms with van der Waals surface area (Å²) >= 11 is 4.70. The van der Waals surface area contributed by atoms with E-state index in [4.69, 9.17) is 17.3 Å². The quantitative estimate of drug-likeness (QED) is 0.498. The van der Waals surface area contributed by atoms with Crippen LogP contribution in [0.2, 0.25) is 0 Å². The maximum Gasteiger partial charge on any atom is 0.304 e. The molecule has 100 valence electrons. The van der Waals surface area contributed by atoms with E-state index < -0.39 is 29.6 Å². The van der Waals surface area contributed by atoms with Gasteiger partial charge in [0, 0.05) is 0 Å². The minimum Gasteiger partial charge on any atom is -0.481 e. The molecule has 3 N–H and O–H groups in total. The van der Waals surface area contributed by atoms with Crippen molar-refractivity contribution in [3.8, 4) is 0 Å². The molecule has 0 aromatic carbocycles. The molecule has 0 spiro atoms. The summed E-state index contributed by atoms with van der Waals surface area (Å²) < 4.78 is 0. The van der Waals surface area contributed by atoms with E-state index >= 15 is 0 Å². The molecule has 1 rings (SSSR count). The Balaban J connectivity index is 3.01. The first-order valence-corrected chi connectivity index (χ1v) is 6.07. The number of carbonyl (C=O) groups excluding carboxylic acids is 2. The lowest BCUT2D eigenvalue weighted by Gasteiger charge is -2.34. The van der Waals surface area contributed by atoms with Gasteiger partial charge in [0.25, 0.3) is 0 Å². The molecule has 2 amide bonds. The maximum atomic E-state index is 12.0. The second kappa shape index (κ2) is 5.43. The Morgan fingerprint density at radius 2 is 1.83 bits per heavy atom. The molecule has 1 aliphatic heterocycles. The highest BCUT2D eigenvalue weighted by Crippen LogP contribution is 2.32. The highest BCUT2D eigenvalue weighted by Gasteiger charge is 2.50. The van der Waals surface area contributed by atoms with Crippen LogP contribution < -0.4 is 10.6 Å². The van der Waals surface area contributed by atoms with Gasteiger partial charge < -0.3 is 15.7 Å². The van der Waals surface area contributed by atoms with Crippen LogP contribution >= 0.6 is 12.2 Å². The molecule has 0 saturated carbocycles. The highest BCUT2D eigenvalue weighted by molar-refractivity contribution is 7.80. The van der Waals surface area contributed by atoms with E-state index in [1.807, 2.05) is 13.8 Å².